The van der Waals surface area contributed by atoms with Crippen LogP contribution in [0.2, 0.25) is 0 Å². The molecule has 5 nitrogen and oxygen atoms in total. The van der Waals surface area contributed by atoms with Crippen LogP contribution in [0.5, 0.6) is 5.75 Å². The predicted molar refractivity (Wildman–Crippen MR) is 119 cm³/mol. The minimum atomic E-state index is 0.309. The number of rotatable bonds is 11. The van der Waals surface area contributed by atoms with Crippen LogP contribution in [0.25, 0.3) is 0 Å². The highest BCUT2D eigenvalue weighted by Crippen LogP contribution is 2.18. The zero-order valence-electron chi connectivity index (χ0n) is 18.2. The Morgan fingerprint density at radius 2 is 1.75 bits per heavy atom. The highest BCUT2D eigenvalue weighted by atomic mass is 16.5. The Hall–Kier alpha value is -1.75. The quantitative estimate of drug-likeness (QED) is 0.353. The molecule has 1 aromatic rings. The monoisotopic (exact) mass is 388 g/mol. The molecule has 1 N–H and O–H groups in total. The van der Waals surface area contributed by atoms with Crippen molar-refractivity contribution in [3.05, 3.63) is 30.3 Å². The summed E-state index contributed by atoms with van der Waals surface area (Å²) in [5, 5.41) is 3.47. The Kier molecular flexibility index (Phi) is 10.8. The standard InChI is InChI=1S/C23H40N4O/c1-4-24-23(25-17-11-6-5-7-12-18-26(2)3)27-19-15-22(16-20-27)28-21-13-9-8-10-14-21/h8-10,13-14,22H,4-7,11-12,15-20H2,1-3H3,(H,24,25). The molecule has 0 aromatic heterocycles. The fraction of sp³-hybridized carbons (Fsp3) is 0.696. The van der Waals surface area contributed by atoms with Gasteiger partial charge in [0.1, 0.15) is 11.9 Å². The lowest BCUT2D eigenvalue weighted by atomic mass is 10.1. The second-order valence-corrected chi connectivity index (χ2v) is 7.92. The van der Waals surface area contributed by atoms with E-state index >= 15 is 0 Å². The van der Waals surface area contributed by atoms with E-state index in [1.807, 2.05) is 30.3 Å². The van der Waals surface area contributed by atoms with Gasteiger partial charge in [-0.15, -0.1) is 0 Å². The molecule has 0 unspecified atom stereocenters. The summed E-state index contributed by atoms with van der Waals surface area (Å²) in [5.74, 6) is 2.06. The molecule has 1 aliphatic heterocycles. The average molecular weight is 389 g/mol. The number of benzene rings is 1. The summed E-state index contributed by atoms with van der Waals surface area (Å²) in [4.78, 5) is 9.53. The lowest BCUT2D eigenvalue weighted by Gasteiger charge is -2.34. The van der Waals surface area contributed by atoms with Crippen molar-refractivity contribution in [3.8, 4) is 5.75 Å². The third-order valence-corrected chi connectivity index (χ3v) is 5.15. The van der Waals surface area contributed by atoms with E-state index in [9.17, 15) is 0 Å². The molecule has 0 radical (unpaired) electrons. The lowest BCUT2D eigenvalue weighted by molar-refractivity contribution is 0.129. The zero-order valence-corrected chi connectivity index (χ0v) is 18.2. The van der Waals surface area contributed by atoms with E-state index in [-0.39, 0.29) is 0 Å². The Labute approximate surface area is 172 Å². The topological polar surface area (TPSA) is 40.1 Å². The van der Waals surface area contributed by atoms with Gasteiger partial charge in [-0.2, -0.15) is 0 Å². The molecule has 2 rings (SSSR count). The number of guanidine groups is 1. The maximum absolute atomic E-state index is 6.11. The third kappa shape index (κ3) is 8.96. The fourth-order valence-corrected chi connectivity index (χ4v) is 3.56. The molecule has 0 saturated carbocycles. The predicted octanol–water partition coefficient (Wildman–Crippen LogP) is 4.01. The maximum Gasteiger partial charge on any atom is 0.193 e. The number of ether oxygens (including phenoxy) is 1. The summed E-state index contributed by atoms with van der Waals surface area (Å²) in [6.07, 6.45) is 8.82. The van der Waals surface area contributed by atoms with Crippen molar-refractivity contribution in [2.75, 3.05) is 46.8 Å². The summed E-state index contributed by atoms with van der Waals surface area (Å²) in [7, 11) is 4.29. The summed E-state index contributed by atoms with van der Waals surface area (Å²) >= 11 is 0. The molecule has 28 heavy (non-hydrogen) atoms. The van der Waals surface area contributed by atoms with Gasteiger partial charge in [0.25, 0.3) is 0 Å². The normalized spacial score (nSPS) is 15.9. The van der Waals surface area contributed by atoms with Crippen LogP contribution in [0.15, 0.2) is 35.3 Å². The Morgan fingerprint density at radius 1 is 1.07 bits per heavy atom. The van der Waals surface area contributed by atoms with Gasteiger partial charge in [0.15, 0.2) is 5.96 Å². The Balaban J connectivity index is 1.66. The first kappa shape index (κ1) is 22.5. The number of hydrogen-bond acceptors (Lipinski definition) is 3. The largest absolute Gasteiger partial charge is 0.490 e. The molecule has 1 saturated heterocycles. The number of nitrogens with one attached hydrogen (secondary N) is 1. The van der Waals surface area contributed by atoms with E-state index in [2.05, 4.69) is 36.1 Å². The van der Waals surface area contributed by atoms with Crippen LogP contribution in [-0.2, 0) is 0 Å². The molecular weight excluding hydrogens is 348 g/mol. The number of hydrogen-bond donors (Lipinski definition) is 1. The Bertz CT molecular complexity index is 539. The summed E-state index contributed by atoms with van der Waals surface area (Å²) in [6, 6.07) is 10.2. The van der Waals surface area contributed by atoms with Crippen molar-refractivity contribution >= 4 is 5.96 Å². The van der Waals surface area contributed by atoms with E-state index in [1.165, 1.54) is 38.6 Å². The van der Waals surface area contributed by atoms with Gasteiger partial charge >= 0.3 is 0 Å². The summed E-state index contributed by atoms with van der Waals surface area (Å²) in [5.41, 5.74) is 0. The van der Waals surface area contributed by atoms with Crippen LogP contribution < -0.4 is 10.1 Å². The number of piperidine rings is 1. The lowest BCUT2D eigenvalue weighted by Crippen LogP contribution is -2.47. The molecule has 0 bridgehead atoms. The van der Waals surface area contributed by atoms with Crippen LogP contribution in [0.4, 0.5) is 0 Å². The summed E-state index contributed by atoms with van der Waals surface area (Å²) < 4.78 is 6.11. The van der Waals surface area contributed by atoms with Crippen LogP contribution in [0, 0.1) is 0 Å². The van der Waals surface area contributed by atoms with E-state index in [0.29, 0.717) is 6.10 Å². The first-order valence-electron chi connectivity index (χ1n) is 11.1. The van der Waals surface area contributed by atoms with Crippen LogP contribution in [0.1, 0.15) is 51.9 Å². The number of nitrogens with zero attached hydrogens (tertiary/aromatic N) is 3. The van der Waals surface area contributed by atoms with Crippen LogP contribution in [-0.4, -0.2) is 68.7 Å². The molecule has 0 amide bonds. The molecule has 1 fully saturated rings. The van der Waals surface area contributed by atoms with Crippen molar-refractivity contribution < 1.29 is 4.74 Å². The van der Waals surface area contributed by atoms with Gasteiger partial charge in [0.2, 0.25) is 0 Å². The molecule has 1 aliphatic rings. The van der Waals surface area contributed by atoms with E-state index in [1.54, 1.807) is 0 Å². The van der Waals surface area contributed by atoms with Crippen molar-refractivity contribution in [2.45, 2.75) is 58.0 Å². The second-order valence-electron chi connectivity index (χ2n) is 7.92. The van der Waals surface area contributed by atoms with Gasteiger partial charge in [-0.25, -0.2) is 0 Å². The number of aliphatic imine (C=N–C) groups is 1. The van der Waals surface area contributed by atoms with Gasteiger partial charge in [0.05, 0.1) is 0 Å². The van der Waals surface area contributed by atoms with Gasteiger partial charge in [-0.05, 0) is 52.5 Å². The Morgan fingerprint density at radius 3 is 2.43 bits per heavy atom. The SMILES string of the molecule is CCNC(=NCCCCCCCN(C)C)N1CCC(Oc2ccccc2)CC1. The minimum absolute atomic E-state index is 0.309. The van der Waals surface area contributed by atoms with Gasteiger partial charge in [-0.1, -0.05) is 37.5 Å². The molecular formula is C23H40N4O. The molecule has 1 heterocycles. The first-order valence-corrected chi connectivity index (χ1v) is 11.1. The molecule has 0 atom stereocenters. The van der Waals surface area contributed by atoms with Gasteiger partial charge in [-0.3, -0.25) is 4.99 Å². The first-order chi connectivity index (χ1) is 13.7. The second kappa shape index (κ2) is 13.4. The fourth-order valence-electron chi connectivity index (χ4n) is 3.56. The molecule has 158 valence electrons. The average Bonchev–Trinajstić information content (AvgIpc) is 2.70. The number of unbranched alkanes of at least 4 members (excludes halogenated alkanes) is 4. The number of likely N-dealkylation sites (tertiary alicyclic amines) is 1. The highest BCUT2D eigenvalue weighted by Gasteiger charge is 2.22. The molecule has 1 aromatic carbocycles. The third-order valence-electron chi connectivity index (χ3n) is 5.15. The van der Waals surface area contributed by atoms with E-state index in [4.69, 9.17) is 9.73 Å². The maximum atomic E-state index is 6.11. The van der Waals surface area contributed by atoms with E-state index < -0.39 is 0 Å². The van der Waals surface area contributed by atoms with Gasteiger partial charge in [0, 0.05) is 39.0 Å². The summed E-state index contributed by atoms with van der Waals surface area (Å²) in [6.45, 7) is 7.21. The van der Waals surface area contributed by atoms with Crippen molar-refractivity contribution in [1.82, 2.24) is 15.1 Å². The molecule has 0 spiro atoms. The highest BCUT2D eigenvalue weighted by molar-refractivity contribution is 5.80. The van der Waals surface area contributed by atoms with Crippen LogP contribution in [0.3, 0.4) is 0 Å². The van der Waals surface area contributed by atoms with Crippen molar-refractivity contribution in [1.29, 1.82) is 0 Å². The van der Waals surface area contributed by atoms with Crippen LogP contribution >= 0.6 is 0 Å². The van der Waals surface area contributed by atoms with Crippen molar-refractivity contribution in [3.63, 3.8) is 0 Å². The molecule has 5 heteroatoms. The molecule has 0 aliphatic carbocycles. The smallest absolute Gasteiger partial charge is 0.193 e. The zero-order chi connectivity index (χ0) is 20.0. The van der Waals surface area contributed by atoms with Gasteiger partial charge < -0.3 is 19.9 Å². The van der Waals surface area contributed by atoms with Crippen molar-refractivity contribution in [2.24, 2.45) is 4.99 Å². The number of para-hydroxylation sites is 1. The minimum Gasteiger partial charge on any atom is -0.490 e. The van der Waals surface area contributed by atoms with E-state index in [0.717, 1.165) is 50.7 Å².